The zero-order valence-electron chi connectivity index (χ0n) is 11.0. The van der Waals surface area contributed by atoms with E-state index < -0.39 is 9.84 Å². The number of hydrogen-bond acceptors (Lipinski definition) is 4. The highest BCUT2D eigenvalue weighted by Gasteiger charge is 2.20. The minimum Gasteiger partial charge on any atom is -0.352 e. The molecule has 1 aliphatic rings. The first-order chi connectivity index (χ1) is 8.46. The summed E-state index contributed by atoms with van der Waals surface area (Å²) in [5, 5.41) is 3.20. The number of hydrogen-bond donors (Lipinski definition) is 1. The fourth-order valence-corrected chi connectivity index (χ4v) is 3.61. The first-order valence-electron chi connectivity index (χ1n) is 6.43. The van der Waals surface area contributed by atoms with Crippen LogP contribution < -0.4 is 5.32 Å². The van der Waals surface area contributed by atoms with Crippen molar-refractivity contribution in [1.29, 1.82) is 0 Å². The molecule has 0 saturated heterocycles. The predicted octanol–water partition coefficient (Wildman–Crippen LogP) is 1.84. The molecule has 5 nitrogen and oxygen atoms in total. The summed E-state index contributed by atoms with van der Waals surface area (Å²) < 4.78 is 24.6. The Morgan fingerprint density at radius 1 is 1.50 bits per heavy atom. The van der Waals surface area contributed by atoms with E-state index in [4.69, 9.17) is 0 Å². The van der Waals surface area contributed by atoms with Crippen LogP contribution in [0.1, 0.15) is 38.6 Å². The van der Waals surface area contributed by atoms with Gasteiger partial charge in [0, 0.05) is 30.7 Å². The predicted molar refractivity (Wildman–Crippen MR) is 72.5 cm³/mol. The number of aromatic nitrogens is 2. The lowest BCUT2D eigenvalue weighted by Gasteiger charge is -2.18. The van der Waals surface area contributed by atoms with Crippen molar-refractivity contribution in [3.63, 3.8) is 0 Å². The van der Waals surface area contributed by atoms with Gasteiger partial charge in [-0.2, -0.15) is 0 Å². The highest BCUT2D eigenvalue weighted by Crippen LogP contribution is 2.31. The highest BCUT2D eigenvalue weighted by molar-refractivity contribution is 7.90. The molecule has 0 spiro atoms. The minimum atomic E-state index is -2.96. The molecule has 102 valence electrons. The molecule has 0 aromatic carbocycles. The molecule has 1 atom stereocenters. The third-order valence-electron chi connectivity index (χ3n) is 3.31. The van der Waals surface area contributed by atoms with Gasteiger partial charge in [-0.05, 0) is 19.8 Å². The monoisotopic (exact) mass is 271 g/mol. The van der Waals surface area contributed by atoms with E-state index in [9.17, 15) is 8.42 Å². The van der Waals surface area contributed by atoms with Crippen molar-refractivity contribution >= 4 is 15.8 Å². The third-order valence-corrected chi connectivity index (χ3v) is 4.42. The van der Waals surface area contributed by atoms with Crippen molar-refractivity contribution in [3.8, 4) is 0 Å². The van der Waals surface area contributed by atoms with Gasteiger partial charge < -0.3 is 9.88 Å². The van der Waals surface area contributed by atoms with E-state index in [1.54, 1.807) is 6.20 Å². The van der Waals surface area contributed by atoms with Crippen molar-refractivity contribution in [2.45, 2.75) is 44.7 Å². The molecule has 2 rings (SSSR count). The molecule has 1 saturated carbocycles. The number of nitrogens with zero attached hydrogens (tertiary/aromatic N) is 2. The quantitative estimate of drug-likeness (QED) is 0.887. The molecule has 18 heavy (non-hydrogen) atoms. The van der Waals surface area contributed by atoms with Crippen LogP contribution in [0.5, 0.6) is 0 Å². The number of rotatable bonds is 5. The molecule has 0 radical (unpaired) electrons. The normalized spacial score (nSPS) is 19.0. The molecule has 1 N–H and O–H groups in total. The standard InChI is InChI=1S/C12H21N3O2S/c1-10(9-18(2,16)17)14-12-13-7-8-15(12)11-5-3-4-6-11/h7-8,10-11H,3-6,9H2,1-2H3,(H,13,14). The van der Waals surface area contributed by atoms with Crippen LogP contribution in [-0.2, 0) is 9.84 Å². The van der Waals surface area contributed by atoms with Crippen LogP contribution in [0.2, 0.25) is 0 Å². The molecule has 1 heterocycles. The van der Waals surface area contributed by atoms with E-state index in [-0.39, 0.29) is 11.8 Å². The topological polar surface area (TPSA) is 64.0 Å². The van der Waals surface area contributed by atoms with Crippen molar-refractivity contribution in [2.75, 3.05) is 17.3 Å². The SMILES string of the molecule is CC(CS(C)(=O)=O)Nc1nccn1C1CCCC1. The van der Waals surface area contributed by atoms with Crippen molar-refractivity contribution in [2.24, 2.45) is 0 Å². The minimum absolute atomic E-state index is 0.123. The zero-order chi connectivity index (χ0) is 13.2. The average molecular weight is 271 g/mol. The first-order valence-corrected chi connectivity index (χ1v) is 8.49. The maximum Gasteiger partial charge on any atom is 0.203 e. The average Bonchev–Trinajstić information content (AvgIpc) is 2.82. The van der Waals surface area contributed by atoms with Gasteiger partial charge in [-0.25, -0.2) is 13.4 Å². The number of nitrogens with one attached hydrogen (secondary N) is 1. The van der Waals surface area contributed by atoms with Crippen LogP contribution in [0.25, 0.3) is 0 Å². The number of anilines is 1. The fourth-order valence-electron chi connectivity index (χ4n) is 2.62. The second-order valence-corrected chi connectivity index (χ2v) is 7.42. The van der Waals surface area contributed by atoms with E-state index in [0.29, 0.717) is 6.04 Å². The Balaban J connectivity index is 2.03. The van der Waals surface area contributed by atoms with Crippen LogP contribution in [0.3, 0.4) is 0 Å². The maximum absolute atomic E-state index is 11.2. The molecule has 1 aliphatic carbocycles. The summed E-state index contributed by atoms with van der Waals surface area (Å²) >= 11 is 0. The van der Waals surface area contributed by atoms with Crippen LogP contribution in [0, 0.1) is 0 Å². The van der Waals surface area contributed by atoms with Crippen molar-refractivity contribution in [3.05, 3.63) is 12.4 Å². The zero-order valence-corrected chi connectivity index (χ0v) is 11.8. The highest BCUT2D eigenvalue weighted by atomic mass is 32.2. The van der Waals surface area contributed by atoms with Gasteiger partial charge in [-0.15, -0.1) is 0 Å². The maximum atomic E-state index is 11.2. The van der Waals surface area contributed by atoms with Gasteiger partial charge in [0.05, 0.1) is 5.75 Å². The fraction of sp³-hybridized carbons (Fsp3) is 0.750. The van der Waals surface area contributed by atoms with E-state index in [2.05, 4.69) is 14.9 Å². The summed E-state index contributed by atoms with van der Waals surface area (Å²) in [6.45, 7) is 1.87. The Morgan fingerprint density at radius 3 is 2.78 bits per heavy atom. The Morgan fingerprint density at radius 2 is 2.17 bits per heavy atom. The van der Waals surface area contributed by atoms with E-state index in [1.807, 2.05) is 13.1 Å². The summed E-state index contributed by atoms with van der Waals surface area (Å²) in [4.78, 5) is 4.29. The Kier molecular flexibility index (Phi) is 3.94. The Bertz CT molecular complexity index is 489. The molecular weight excluding hydrogens is 250 g/mol. The van der Waals surface area contributed by atoms with Gasteiger partial charge in [-0.1, -0.05) is 12.8 Å². The van der Waals surface area contributed by atoms with Crippen molar-refractivity contribution in [1.82, 2.24) is 9.55 Å². The largest absolute Gasteiger partial charge is 0.352 e. The third kappa shape index (κ3) is 3.48. The number of imidazole rings is 1. The Hall–Kier alpha value is -1.04. The van der Waals surface area contributed by atoms with Gasteiger partial charge in [0.15, 0.2) is 0 Å². The van der Waals surface area contributed by atoms with Crippen LogP contribution in [0.15, 0.2) is 12.4 Å². The van der Waals surface area contributed by atoms with E-state index >= 15 is 0 Å². The summed E-state index contributed by atoms with van der Waals surface area (Å²) in [6, 6.07) is 0.392. The van der Waals surface area contributed by atoms with Gasteiger partial charge >= 0.3 is 0 Å². The lowest BCUT2D eigenvalue weighted by molar-refractivity contribution is 0.521. The van der Waals surface area contributed by atoms with Crippen LogP contribution in [0.4, 0.5) is 5.95 Å². The van der Waals surface area contributed by atoms with Crippen molar-refractivity contribution < 1.29 is 8.42 Å². The molecular formula is C12H21N3O2S. The molecule has 1 fully saturated rings. The molecule has 1 aromatic rings. The summed E-state index contributed by atoms with van der Waals surface area (Å²) in [7, 11) is -2.96. The summed E-state index contributed by atoms with van der Waals surface area (Å²) in [6.07, 6.45) is 9.91. The van der Waals surface area contributed by atoms with Gasteiger partial charge in [0.25, 0.3) is 0 Å². The summed E-state index contributed by atoms with van der Waals surface area (Å²) in [5.41, 5.74) is 0. The molecule has 0 aliphatic heterocycles. The second kappa shape index (κ2) is 5.30. The van der Waals surface area contributed by atoms with Crippen LogP contribution >= 0.6 is 0 Å². The van der Waals surface area contributed by atoms with Crippen LogP contribution in [-0.4, -0.2) is 36.0 Å². The molecule has 1 aromatic heterocycles. The first kappa shape index (κ1) is 13.4. The van der Waals surface area contributed by atoms with E-state index in [1.165, 1.54) is 31.9 Å². The Labute approximate surface area is 109 Å². The number of sulfone groups is 1. The van der Waals surface area contributed by atoms with Gasteiger partial charge in [0.2, 0.25) is 5.95 Å². The lowest BCUT2D eigenvalue weighted by atomic mass is 10.2. The van der Waals surface area contributed by atoms with Gasteiger partial charge in [-0.3, -0.25) is 0 Å². The second-order valence-electron chi connectivity index (χ2n) is 5.23. The molecule has 0 amide bonds. The molecule has 6 heteroatoms. The summed E-state index contributed by atoms with van der Waals surface area (Å²) in [5.74, 6) is 0.919. The van der Waals surface area contributed by atoms with E-state index in [0.717, 1.165) is 5.95 Å². The molecule has 0 bridgehead atoms. The lowest BCUT2D eigenvalue weighted by Crippen LogP contribution is -2.27. The van der Waals surface area contributed by atoms with Gasteiger partial charge in [0.1, 0.15) is 9.84 Å². The smallest absolute Gasteiger partial charge is 0.203 e. The molecule has 1 unspecified atom stereocenters.